The van der Waals surface area contributed by atoms with Crippen molar-refractivity contribution in [1.82, 2.24) is 4.57 Å². The first-order valence-corrected chi connectivity index (χ1v) is 3.32. The number of aryl methyl sites for hydroxylation is 1. The maximum absolute atomic E-state index is 3.91. The fourth-order valence-electron chi connectivity index (χ4n) is 1.29. The molecule has 1 heterocycles. The van der Waals surface area contributed by atoms with E-state index in [0.29, 0.717) is 0 Å². The third kappa shape index (κ3) is 0.520. The van der Waals surface area contributed by atoms with Gasteiger partial charge in [-0.15, -0.1) is 0 Å². The molecule has 0 radical (unpaired) electrons. The van der Waals surface area contributed by atoms with Crippen LogP contribution in [0.5, 0.6) is 0 Å². The van der Waals surface area contributed by atoms with Crippen molar-refractivity contribution in [2.75, 3.05) is 0 Å². The second-order valence-electron chi connectivity index (χ2n) is 2.58. The Morgan fingerprint density at radius 2 is 2.20 bits per heavy atom. The molecule has 0 saturated heterocycles. The van der Waals surface area contributed by atoms with Crippen LogP contribution < -0.4 is 0 Å². The van der Waals surface area contributed by atoms with Gasteiger partial charge in [0, 0.05) is 24.5 Å². The summed E-state index contributed by atoms with van der Waals surface area (Å²) in [6.45, 7) is 3.91. The summed E-state index contributed by atoms with van der Waals surface area (Å²) in [6.07, 6.45) is 6.20. The lowest BCUT2D eigenvalue weighted by atomic mass is 10.2. The smallest absolute Gasteiger partial charge is 0.0483 e. The fourth-order valence-corrected chi connectivity index (χ4v) is 1.29. The van der Waals surface area contributed by atoms with Gasteiger partial charge in [-0.3, -0.25) is 0 Å². The Bertz CT molecular complexity index is 315. The highest BCUT2D eigenvalue weighted by atomic mass is 14.9. The van der Waals surface area contributed by atoms with Crippen LogP contribution in [0.1, 0.15) is 11.3 Å². The number of hydrogen-bond acceptors (Lipinski definition) is 0. The van der Waals surface area contributed by atoms with E-state index in [4.69, 9.17) is 0 Å². The quantitative estimate of drug-likeness (QED) is 0.508. The number of hydrogen-bond donors (Lipinski definition) is 0. The van der Waals surface area contributed by atoms with Crippen molar-refractivity contribution in [2.45, 2.75) is 0 Å². The van der Waals surface area contributed by atoms with Gasteiger partial charge in [0.2, 0.25) is 0 Å². The highest BCUT2D eigenvalue weighted by Crippen LogP contribution is 2.27. The van der Waals surface area contributed by atoms with Crippen LogP contribution in [-0.4, -0.2) is 4.57 Å². The maximum atomic E-state index is 3.91. The summed E-state index contributed by atoms with van der Waals surface area (Å²) < 4.78 is 2.10. The largest absolute Gasteiger partial charge is 0.351 e. The van der Waals surface area contributed by atoms with E-state index in [1.165, 1.54) is 11.3 Å². The number of nitrogens with zero attached hydrogens (tertiary/aromatic N) is 1. The summed E-state index contributed by atoms with van der Waals surface area (Å²) in [6, 6.07) is 2.09. The van der Waals surface area contributed by atoms with Gasteiger partial charge in [-0.25, -0.2) is 0 Å². The fraction of sp³-hybridized carbons (Fsp3) is 0.111. The van der Waals surface area contributed by atoms with Crippen LogP contribution in [0.2, 0.25) is 0 Å². The maximum Gasteiger partial charge on any atom is 0.0483 e. The van der Waals surface area contributed by atoms with E-state index < -0.39 is 0 Å². The third-order valence-corrected chi connectivity index (χ3v) is 1.91. The molecule has 1 aliphatic carbocycles. The molecule has 0 bridgehead atoms. The van der Waals surface area contributed by atoms with Gasteiger partial charge < -0.3 is 4.57 Å². The predicted octanol–water partition coefficient (Wildman–Crippen LogP) is 2.07. The Kier molecular flexibility index (Phi) is 0.901. The molecule has 0 saturated carbocycles. The molecule has 1 aromatic heterocycles. The summed E-state index contributed by atoms with van der Waals surface area (Å²) in [5, 5.41) is 0. The predicted molar refractivity (Wildman–Crippen MR) is 43.5 cm³/mol. The average molecular weight is 131 g/mol. The molecular weight excluding hydrogens is 122 g/mol. The Labute approximate surface area is 60.3 Å². The zero-order valence-electron chi connectivity index (χ0n) is 5.96. The van der Waals surface area contributed by atoms with Gasteiger partial charge in [-0.1, -0.05) is 12.7 Å². The zero-order valence-corrected chi connectivity index (χ0v) is 5.96. The van der Waals surface area contributed by atoms with Gasteiger partial charge >= 0.3 is 0 Å². The van der Waals surface area contributed by atoms with Crippen LogP contribution in [0.25, 0.3) is 11.6 Å². The molecule has 1 aliphatic rings. The van der Waals surface area contributed by atoms with Crippen LogP contribution in [0, 0.1) is 0 Å². The molecule has 1 nitrogen and oxygen atoms in total. The van der Waals surface area contributed by atoms with E-state index in [9.17, 15) is 0 Å². The van der Waals surface area contributed by atoms with Crippen LogP contribution in [0.4, 0.5) is 0 Å². The Hall–Kier alpha value is -1.24. The SMILES string of the molecule is C=C1C=Cc2c1ccn2C. The average Bonchev–Trinajstić information content (AvgIpc) is 2.41. The number of allylic oxidation sites excluding steroid dienone is 2. The van der Waals surface area contributed by atoms with Crippen molar-refractivity contribution in [2.24, 2.45) is 7.05 Å². The molecule has 10 heavy (non-hydrogen) atoms. The summed E-state index contributed by atoms with van der Waals surface area (Å²) in [5.74, 6) is 0. The van der Waals surface area contributed by atoms with E-state index >= 15 is 0 Å². The minimum absolute atomic E-state index is 1.12. The lowest BCUT2D eigenvalue weighted by molar-refractivity contribution is 0.915. The van der Waals surface area contributed by atoms with Crippen LogP contribution in [0.3, 0.4) is 0 Å². The van der Waals surface area contributed by atoms with Crippen molar-refractivity contribution in [3.8, 4) is 0 Å². The summed E-state index contributed by atoms with van der Waals surface area (Å²) in [7, 11) is 2.04. The van der Waals surface area contributed by atoms with E-state index in [1.807, 2.05) is 13.1 Å². The minimum atomic E-state index is 1.12. The third-order valence-electron chi connectivity index (χ3n) is 1.91. The molecule has 0 aromatic carbocycles. The zero-order chi connectivity index (χ0) is 7.14. The lowest BCUT2D eigenvalue weighted by Crippen LogP contribution is -1.86. The Morgan fingerprint density at radius 3 is 2.90 bits per heavy atom. The molecule has 2 rings (SSSR count). The van der Waals surface area contributed by atoms with Gasteiger partial charge in [-0.05, 0) is 17.7 Å². The van der Waals surface area contributed by atoms with Crippen molar-refractivity contribution < 1.29 is 0 Å². The summed E-state index contributed by atoms with van der Waals surface area (Å²) in [5.41, 5.74) is 3.66. The summed E-state index contributed by atoms with van der Waals surface area (Å²) in [4.78, 5) is 0. The van der Waals surface area contributed by atoms with Gasteiger partial charge in [0.25, 0.3) is 0 Å². The molecule has 0 aliphatic heterocycles. The number of aromatic nitrogens is 1. The molecule has 0 spiro atoms. The van der Waals surface area contributed by atoms with Crippen molar-refractivity contribution in [1.29, 1.82) is 0 Å². The molecule has 0 amide bonds. The molecule has 0 unspecified atom stereocenters. The van der Waals surface area contributed by atoms with Crippen LogP contribution in [0.15, 0.2) is 24.9 Å². The van der Waals surface area contributed by atoms with Crippen molar-refractivity contribution in [3.05, 3.63) is 36.2 Å². The minimum Gasteiger partial charge on any atom is -0.351 e. The first-order valence-electron chi connectivity index (χ1n) is 3.32. The lowest BCUT2D eigenvalue weighted by Gasteiger charge is -1.93. The van der Waals surface area contributed by atoms with Crippen LogP contribution >= 0.6 is 0 Å². The van der Waals surface area contributed by atoms with Gasteiger partial charge in [0.05, 0.1) is 0 Å². The monoisotopic (exact) mass is 131 g/mol. The van der Waals surface area contributed by atoms with Gasteiger partial charge in [0.1, 0.15) is 0 Å². The first-order chi connectivity index (χ1) is 4.79. The molecule has 0 atom stereocenters. The standard InChI is InChI=1S/C9H9N/c1-7-3-4-9-8(7)5-6-10(9)2/h3-6H,1H2,2H3. The Morgan fingerprint density at radius 1 is 1.40 bits per heavy atom. The normalized spacial score (nSPS) is 14.3. The summed E-state index contributed by atoms with van der Waals surface area (Å²) >= 11 is 0. The van der Waals surface area contributed by atoms with E-state index in [2.05, 4.69) is 29.5 Å². The van der Waals surface area contributed by atoms with Gasteiger partial charge in [0.15, 0.2) is 0 Å². The number of fused-ring (bicyclic) bond motifs is 1. The van der Waals surface area contributed by atoms with Crippen molar-refractivity contribution >= 4 is 11.6 Å². The van der Waals surface area contributed by atoms with Crippen LogP contribution in [-0.2, 0) is 7.05 Å². The molecule has 50 valence electrons. The highest BCUT2D eigenvalue weighted by molar-refractivity contribution is 5.87. The topological polar surface area (TPSA) is 4.93 Å². The Balaban J connectivity index is 2.73. The molecule has 0 N–H and O–H groups in total. The first kappa shape index (κ1) is 5.54. The molecular formula is C9H9N. The number of rotatable bonds is 0. The molecule has 1 aromatic rings. The van der Waals surface area contributed by atoms with Gasteiger partial charge in [-0.2, -0.15) is 0 Å². The van der Waals surface area contributed by atoms with E-state index in [1.54, 1.807) is 0 Å². The second-order valence-corrected chi connectivity index (χ2v) is 2.58. The molecule has 1 heteroatoms. The second kappa shape index (κ2) is 1.63. The van der Waals surface area contributed by atoms with E-state index in [-0.39, 0.29) is 0 Å². The van der Waals surface area contributed by atoms with Crippen molar-refractivity contribution in [3.63, 3.8) is 0 Å². The molecule has 0 fully saturated rings. The highest BCUT2D eigenvalue weighted by Gasteiger charge is 2.10. The van der Waals surface area contributed by atoms with E-state index in [0.717, 1.165) is 5.57 Å².